The van der Waals surface area contributed by atoms with E-state index < -0.39 is 0 Å². The van der Waals surface area contributed by atoms with Gasteiger partial charge >= 0.3 is 0 Å². The maximum atomic E-state index is 6.22. The van der Waals surface area contributed by atoms with Crippen LogP contribution in [0.15, 0.2) is 30.5 Å². The number of benzene rings is 1. The third-order valence-electron chi connectivity index (χ3n) is 3.28. The number of fused-ring (bicyclic) bond motifs is 1. The van der Waals surface area contributed by atoms with Crippen LogP contribution >= 0.6 is 22.9 Å². The second kappa shape index (κ2) is 5.38. The van der Waals surface area contributed by atoms with Gasteiger partial charge in [-0.1, -0.05) is 24.6 Å². The van der Waals surface area contributed by atoms with Crippen molar-refractivity contribution in [3.63, 3.8) is 0 Å². The van der Waals surface area contributed by atoms with Gasteiger partial charge in [0, 0.05) is 27.9 Å². The van der Waals surface area contributed by atoms with E-state index in [1.807, 2.05) is 24.3 Å². The Morgan fingerprint density at radius 3 is 2.95 bits per heavy atom. The number of pyridine rings is 1. The Morgan fingerprint density at radius 1 is 1.30 bits per heavy atom. The number of aryl methyl sites for hydroxylation is 1. The Morgan fingerprint density at radius 2 is 2.15 bits per heavy atom. The minimum atomic E-state index is 0.628. The lowest BCUT2D eigenvalue weighted by Gasteiger charge is -2.06. The molecule has 2 N–H and O–H groups in total. The van der Waals surface area contributed by atoms with Crippen LogP contribution in [0, 0.1) is 0 Å². The fraction of sp³-hybridized carbons (Fsp3) is 0.200. The van der Waals surface area contributed by atoms with Crippen molar-refractivity contribution >= 4 is 39.0 Å². The highest BCUT2D eigenvalue weighted by atomic mass is 35.5. The molecule has 0 radical (unpaired) electrons. The highest BCUT2D eigenvalue weighted by molar-refractivity contribution is 7.15. The van der Waals surface area contributed by atoms with Gasteiger partial charge in [0.25, 0.3) is 0 Å². The summed E-state index contributed by atoms with van der Waals surface area (Å²) in [5, 5.41) is 2.35. The first-order valence-electron chi connectivity index (χ1n) is 6.45. The van der Waals surface area contributed by atoms with Gasteiger partial charge in [0.15, 0.2) is 5.13 Å². The molecule has 20 heavy (non-hydrogen) atoms. The Bertz CT molecular complexity index is 767. The van der Waals surface area contributed by atoms with Crippen molar-refractivity contribution in [3.8, 4) is 0 Å². The molecular formula is C15H14ClN3S. The molecule has 0 saturated heterocycles. The second-order valence-corrected chi connectivity index (χ2v) is 6.08. The third kappa shape index (κ3) is 2.37. The van der Waals surface area contributed by atoms with E-state index in [0.29, 0.717) is 5.13 Å². The Hall–Kier alpha value is -1.65. The van der Waals surface area contributed by atoms with Gasteiger partial charge < -0.3 is 5.73 Å². The Balaban J connectivity index is 2.09. The molecule has 0 bridgehead atoms. The fourth-order valence-electron chi connectivity index (χ4n) is 2.33. The predicted molar refractivity (Wildman–Crippen MR) is 85.5 cm³/mol. The van der Waals surface area contributed by atoms with Crippen molar-refractivity contribution < 1.29 is 0 Å². The molecule has 2 aromatic heterocycles. The van der Waals surface area contributed by atoms with E-state index in [0.717, 1.165) is 40.0 Å². The summed E-state index contributed by atoms with van der Waals surface area (Å²) in [5.74, 6) is 0. The average Bonchev–Trinajstić information content (AvgIpc) is 2.82. The summed E-state index contributed by atoms with van der Waals surface area (Å²) in [6.45, 7) is 2.09. The molecule has 1 aromatic carbocycles. The molecule has 0 unspecified atom stereocenters. The van der Waals surface area contributed by atoms with Crippen LogP contribution < -0.4 is 5.73 Å². The minimum absolute atomic E-state index is 0.628. The molecule has 0 atom stereocenters. The van der Waals surface area contributed by atoms with Gasteiger partial charge in [-0.3, -0.25) is 4.98 Å². The van der Waals surface area contributed by atoms with E-state index in [2.05, 4.69) is 16.9 Å². The quantitative estimate of drug-likeness (QED) is 0.793. The maximum Gasteiger partial charge on any atom is 0.180 e. The first-order valence-corrected chi connectivity index (χ1v) is 7.64. The monoisotopic (exact) mass is 303 g/mol. The van der Waals surface area contributed by atoms with Crippen molar-refractivity contribution in [2.24, 2.45) is 0 Å². The van der Waals surface area contributed by atoms with E-state index in [1.54, 1.807) is 17.5 Å². The van der Waals surface area contributed by atoms with Crippen LogP contribution in [0.5, 0.6) is 0 Å². The number of nitrogens with zero attached hydrogens (tertiary/aromatic N) is 2. The molecule has 2 heterocycles. The predicted octanol–water partition coefficient (Wildman–Crippen LogP) is 4.08. The number of hydrogen-bond donors (Lipinski definition) is 1. The summed E-state index contributed by atoms with van der Waals surface area (Å²) in [4.78, 5) is 10.0. The summed E-state index contributed by atoms with van der Waals surface area (Å²) in [5.41, 5.74) is 9.00. The number of hydrogen-bond acceptors (Lipinski definition) is 4. The molecule has 0 amide bonds. The number of rotatable bonds is 3. The molecule has 3 rings (SSSR count). The van der Waals surface area contributed by atoms with Gasteiger partial charge in [-0.2, -0.15) is 0 Å². The lowest BCUT2D eigenvalue weighted by molar-refractivity contribution is 1.02. The zero-order chi connectivity index (χ0) is 14.1. The summed E-state index contributed by atoms with van der Waals surface area (Å²) in [6, 6.07) is 7.86. The highest BCUT2D eigenvalue weighted by Crippen LogP contribution is 2.29. The smallest absolute Gasteiger partial charge is 0.180 e. The molecule has 0 fully saturated rings. The van der Waals surface area contributed by atoms with Crippen molar-refractivity contribution in [3.05, 3.63) is 51.6 Å². The van der Waals surface area contributed by atoms with Gasteiger partial charge in [0.1, 0.15) is 0 Å². The van der Waals surface area contributed by atoms with Crippen LogP contribution in [0.25, 0.3) is 10.9 Å². The molecular weight excluding hydrogens is 290 g/mol. The number of anilines is 1. The summed E-state index contributed by atoms with van der Waals surface area (Å²) in [7, 11) is 0. The zero-order valence-corrected chi connectivity index (χ0v) is 12.6. The minimum Gasteiger partial charge on any atom is -0.375 e. The highest BCUT2D eigenvalue weighted by Gasteiger charge is 2.12. The first kappa shape index (κ1) is 13.3. The van der Waals surface area contributed by atoms with Crippen molar-refractivity contribution in [2.45, 2.75) is 19.8 Å². The van der Waals surface area contributed by atoms with Crippen LogP contribution in [0.3, 0.4) is 0 Å². The second-order valence-electron chi connectivity index (χ2n) is 4.56. The van der Waals surface area contributed by atoms with Gasteiger partial charge in [0.2, 0.25) is 0 Å². The third-order valence-corrected chi connectivity index (χ3v) is 4.54. The van der Waals surface area contributed by atoms with Gasteiger partial charge in [0.05, 0.1) is 11.2 Å². The average molecular weight is 304 g/mol. The van der Waals surface area contributed by atoms with Crippen LogP contribution in [-0.4, -0.2) is 9.97 Å². The number of nitrogen functional groups attached to an aromatic ring is 1. The SMILES string of the molecule is CCc1nc(N)sc1Cc1ccc(Cl)c2cccnc12. The molecule has 3 aromatic rings. The maximum absolute atomic E-state index is 6.22. The van der Waals surface area contributed by atoms with Crippen molar-refractivity contribution in [1.82, 2.24) is 9.97 Å². The van der Waals surface area contributed by atoms with Crippen LogP contribution in [0.4, 0.5) is 5.13 Å². The van der Waals surface area contributed by atoms with Crippen molar-refractivity contribution in [2.75, 3.05) is 5.73 Å². The van der Waals surface area contributed by atoms with E-state index in [9.17, 15) is 0 Å². The summed E-state index contributed by atoms with van der Waals surface area (Å²) in [6.07, 6.45) is 3.48. The molecule has 5 heteroatoms. The van der Waals surface area contributed by atoms with E-state index >= 15 is 0 Å². The van der Waals surface area contributed by atoms with Crippen LogP contribution in [-0.2, 0) is 12.8 Å². The van der Waals surface area contributed by atoms with Crippen LogP contribution in [0.1, 0.15) is 23.1 Å². The Labute approximate surface area is 126 Å². The topological polar surface area (TPSA) is 51.8 Å². The van der Waals surface area contributed by atoms with E-state index in [4.69, 9.17) is 17.3 Å². The molecule has 102 valence electrons. The van der Waals surface area contributed by atoms with Crippen LogP contribution in [0.2, 0.25) is 5.02 Å². The zero-order valence-electron chi connectivity index (χ0n) is 11.1. The number of thiazole rings is 1. The normalized spacial score (nSPS) is 11.1. The number of halogens is 1. The first-order chi connectivity index (χ1) is 9.69. The summed E-state index contributed by atoms with van der Waals surface area (Å²) >= 11 is 7.78. The lowest BCUT2D eigenvalue weighted by atomic mass is 10.0. The lowest BCUT2D eigenvalue weighted by Crippen LogP contribution is -1.94. The van der Waals surface area contributed by atoms with Crippen molar-refractivity contribution in [1.29, 1.82) is 0 Å². The van der Waals surface area contributed by atoms with Gasteiger partial charge in [-0.15, -0.1) is 11.3 Å². The standard InChI is InChI=1S/C15H14ClN3S/c1-2-12-13(20-15(17)19-12)8-9-5-6-11(16)10-4-3-7-18-14(9)10/h3-7H,2,8H2,1H3,(H2,17,19). The summed E-state index contributed by atoms with van der Waals surface area (Å²) < 4.78 is 0. The van der Waals surface area contributed by atoms with E-state index in [1.165, 1.54) is 4.88 Å². The van der Waals surface area contributed by atoms with E-state index in [-0.39, 0.29) is 0 Å². The molecule has 0 aliphatic heterocycles. The molecule has 3 nitrogen and oxygen atoms in total. The molecule has 0 spiro atoms. The molecule has 0 aliphatic rings. The molecule has 0 saturated carbocycles. The fourth-order valence-corrected chi connectivity index (χ4v) is 3.49. The number of aromatic nitrogens is 2. The molecule has 0 aliphatic carbocycles. The van der Waals surface area contributed by atoms with Gasteiger partial charge in [-0.05, 0) is 30.2 Å². The number of nitrogens with two attached hydrogens (primary N) is 1. The largest absolute Gasteiger partial charge is 0.375 e. The Kier molecular flexibility index (Phi) is 3.59. The van der Waals surface area contributed by atoms with Gasteiger partial charge in [-0.25, -0.2) is 4.98 Å².